The molecule has 0 radical (unpaired) electrons. The molecule has 20 heavy (non-hydrogen) atoms. The van der Waals surface area contributed by atoms with E-state index in [-0.39, 0.29) is 0 Å². The normalized spacial score (nSPS) is 11.3. The van der Waals surface area contributed by atoms with Crippen LogP contribution < -0.4 is 10.1 Å². The summed E-state index contributed by atoms with van der Waals surface area (Å²) in [5, 5.41) is 3.51. The Morgan fingerprint density at radius 3 is 2.45 bits per heavy atom. The summed E-state index contributed by atoms with van der Waals surface area (Å²) in [7, 11) is 3.87. The number of ether oxygens (including phenoxy) is 1. The van der Waals surface area contributed by atoms with E-state index in [9.17, 15) is 0 Å². The van der Waals surface area contributed by atoms with Crippen LogP contribution in [0, 0.1) is 5.92 Å². The van der Waals surface area contributed by atoms with Crippen molar-refractivity contribution >= 4 is 0 Å². The van der Waals surface area contributed by atoms with E-state index in [0.717, 1.165) is 37.8 Å². The second-order valence-corrected chi connectivity index (χ2v) is 5.87. The van der Waals surface area contributed by atoms with Gasteiger partial charge in [0.15, 0.2) is 0 Å². The monoisotopic (exact) mass is 278 g/mol. The Kier molecular flexibility index (Phi) is 8.31. The maximum atomic E-state index is 5.17. The van der Waals surface area contributed by atoms with Crippen molar-refractivity contribution in [2.24, 2.45) is 5.92 Å². The molecule has 0 amide bonds. The van der Waals surface area contributed by atoms with Gasteiger partial charge >= 0.3 is 0 Å². The highest BCUT2D eigenvalue weighted by molar-refractivity contribution is 5.26. The van der Waals surface area contributed by atoms with Crippen molar-refractivity contribution in [1.82, 2.24) is 10.2 Å². The van der Waals surface area contributed by atoms with Crippen LogP contribution in [0.5, 0.6) is 5.75 Å². The Bertz CT molecular complexity index is 349. The third-order valence-corrected chi connectivity index (χ3v) is 3.42. The fraction of sp³-hybridized carbons (Fsp3) is 0.647. The molecule has 0 heterocycles. The summed E-state index contributed by atoms with van der Waals surface area (Å²) >= 11 is 0. The number of rotatable bonds is 10. The van der Waals surface area contributed by atoms with Crippen LogP contribution >= 0.6 is 0 Å². The molecule has 3 heteroatoms. The summed E-state index contributed by atoms with van der Waals surface area (Å²) in [5.74, 6) is 1.73. The predicted octanol–water partition coefficient (Wildman–Crippen LogP) is 3.15. The Morgan fingerprint density at radius 1 is 1.15 bits per heavy atom. The van der Waals surface area contributed by atoms with Crippen LogP contribution in [0.4, 0.5) is 0 Å². The van der Waals surface area contributed by atoms with E-state index in [0.29, 0.717) is 0 Å². The molecule has 0 aliphatic rings. The molecule has 0 unspecified atom stereocenters. The number of hydrogen-bond acceptors (Lipinski definition) is 3. The van der Waals surface area contributed by atoms with Crippen molar-refractivity contribution in [3.63, 3.8) is 0 Å². The van der Waals surface area contributed by atoms with Crippen molar-refractivity contribution < 1.29 is 4.74 Å². The molecule has 0 aliphatic heterocycles. The minimum Gasteiger partial charge on any atom is -0.497 e. The molecule has 0 atom stereocenters. The fourth-order valence-electron chi connectivity index (χ4n) is 2.15. The lowest BCUT2D eigenvalue weighted by Crippen LogP contribution is -2.29. The highest BCUT2D eigenvalue weighted by Gasteiger charge is 2.01. The quantitative estimate of drug-likeness (QED) is 0.665. The van der Waals surface area contributed by atoms with Crippen molar-refractivity contribution in [2.75, 3.05) is 33.8 Å². The lowest BCUT2D eigenvalue weighted by Gasteiger charge is -2.17. The van der Waals surface area contributed by atoms with E-state index in [1.165, 1.54) is 18.4 Å². The number of nitrogens with one attached hydrogen (secondary N) is 1. The number of benzene rings is 1. The van der Waals surface area contributed by atoms with Gasteiger partial charge in [-0.15, -0.1) is 0 Å². The van der Waals surface area contributed by atoms with Gasteiger partial charge in [0, 0.05) is 19.6 Å². The van der Waals surface area contributed by atoms with Crippen molar-refractivity contribution in [3.8, 4) is 5.75 Å². The molecule has 0 bridgehead atoms. The summed E-state index contributed by atoms with van der Waals surface area (Å²) in [6.07, 6.45) is 2.59. The second-order valence-electron chi connectivity index (χ2n) is 5.87. The molecule has 0 aromatic heterocycles. The summed E-state index contributed by atoms with van der Waals surface area (Å²) < 4.78 is 5.17. The van der Waals surface area contributed by atoms with Gasteiger partial charge in [0.05, 0.1) is 7.11 Å². The Hall–Kier alpha value is -1.06. The van der Waals surface area contributed by atoms with Crippen molar-refractivity contribution in [1.29, 1.82) is 0 Å². The molecular weight excluding hydrogens is 248 g/mol. The molecule has 3 nitrogen and oxygen atoms in total. The molecule has 0 spiro atoms. The van der Waals surface area contributed by atoms with E-state index >= 15 is 0 Å². The van der Waals surface area contributed by atoms with Crippen LogP contribution in [0.1, 0.15) is 32.3 Å². The van der Waals surface area contributed by atoms with Crippen LogP contribution in [-0.2, 0) is 6.54 Å². The third-order valence-electron chi connectivity index (χ3n) is 3.42. The number of methoxy groups -OCH3 is 1. The van der Waals surface area contributed by atoms with Gasteiger partial charge in [0.1, 0.15) is 5.75 Å². The Morgan fingerprint density at radius 2 is 1.85 bits per heavy atom. The van der Waals surface area contributed by atoms with Crippen LogP contribution in [0.3, 0.4) is 0 Å². The van der Waals surface area contributed by atoms with E-state index in [1.807, 2.05) is 12.1 Å². The minimum atomic E-state index is 0.814. The zero-order chi connectivity index (χ0) is 14.8. The number of likely N-dealkylation sites (N-methyl/N-ethyl adjacent to an activating group) is 1. The zero-order valence-electron chi connectivity index (χ0n) is 13.5. The van der Waals surface area contributed by atoms with E-state index in [1.54, 1.807) is 7.11 Å². The highest BCUT2D eigenvalue weighted by Crippen LogP contribution is 2.12. The largest absolute Gasteiger partial charge is 0.497 e. The highest BCUT2D eigenvalue weighted by atomic mass is 16.5. The first-order valence-electron chi connectivity index (χ1n) is 7.64. The Balaban J connectivity index is 2.11. The van der Waals surface area contributed by atoms with E-state index in [2.05, 4.69) is 43.2 Å². The van der Waals surface area contributed by atoms with Gasteiger partial charge < -0.3 is 15.0 Å². The molecular formula is C17H30N2O. The van der Waals surface area contributed by atoms with Crippen molar-refractivity contribution in [2.45, 2.75) is 33.2 Å². The second kappa shape index (κ2) is 9.78. The van der Waals surface area contributed by atoms with Crippen molar-refractivity contribution in [3.05, 3.63) is 29.8 Å². The predicted molar refractivity (Wildman–Crippen MR) is 86.3 cm³/mol. The van der Waals surface area contributed by atoms with Gasteiger partial charge in [-0.25, -0.2) is 0 Å². The standard InChI is InChI=1S/C17H30N2O/c1-15(2)6-5-11-18-12-13-19(3)14-16-7-9-17(20-4)10-8-16/h7-10,15,18H,5-6,11-14H2,1-4H3. The number of hydrogen-bond donors (Lipinski definition) is 1. The summed E-state index contributed by atoms with van der Waals surface area (Å²) in [4.78, 5) is 2.34. The molecule has 1 aromatic carbocycles. The van der Waals surface area contributed by atoms with Gasteiger partial charge in [-0.1, -0.05) is 26.0 Å². The molecule has 1 N–H and O–H groups in total. The smallest absolute Gasteiger partial charge is 0.118 e. The van der Waals surface area contributed by atoms with Gasteiger partial charge in [-0.2, -0.15) is 0 Å². The van der Waals surface area contributed by atoms with E-state index in [4.69, 9.17) is 4.74 Å². The van der Waals surface area contributed by atoms with Gasteiger partial charge in [-0.3, -0.25) is 0 Å². The summed E-state index contributed by atoms with van der Waals surface area (Å²) in [6.45, 7) is 8.82. The van der Waals surface area contributed by atoms with Crippen LogP contribution in [0.25, 0.3) is 0 Å². The minimum absolute atomic E-state index is 0.814. The molecule has 0 aliphatic carbocycles. The lowest BCUT2D eigenvalue weighted by molar-refractivity contribution is 0.323. The topological polar surface area (TPSA) is 24.5 Å². The fourth-order valence-corrected chi connectivity index (χ4v) is 2.15. The molecule has 114 valence electrons. The van der Waals surface area contributed by atoms with Crippen LogP contribution in [0.15, 0.2) is 24.3 Å². The average molecular weight is 278 g/mol. The van der Waals surface area contributed by atoms with Crippen LogP contribution in [0.2, 0.25) is 0 Å². The molecule has 0 saturated heterocycles. The lowest BCUT2D eigenvalue weighted by atomic mass is 10.1. The maximum absolute atomic E-state index is 5.17. The first-order chi connectivity index (χ1) is 9.61. The molecule has 1 rings (SSSR count). The summed E-state index contributed by atoms with van der Waals surface area (Å²) in [5.41, 5.74) is 1.33. The molecule has 0 fully saturated rings. The summed E-state index contributed by atoms with van der Waals surface area (Å²) in [6, 6.07) is 8.30. The number of nitrogens with zero attached hydrogens (tertiary/aromatic N) is 1. The van der Waals surface area contributed by atoms with Crippen LogP contribution in [-0.4, -0.2) is 38.7 Å². The SMILES string of the molecule is COc1ccc(CN(C)CCNCCCC(C)C)cc1. The van der Waals surface area contributed by atoms with Gasteiger partial charge in [-0.05, 0) is 50.0 Å². The maximum Gasteiger partial charge on any atom is 0.118 e. The van der Waals surface area contributed by atoms with Gasteiger partial charge in [0.2, 0.25) is 0 Å². The van der Waals surface area contributed by atoms with Gasteiger partial charge in [0.25, 0.3) is 0 Å². The Labute approximate surface area is 124 Å². The first kappa shape index (κ1) is 17.0. The zero-order valence-corrected chi connectivity index (χ0v) is 13.5. The first-order valence-corrected chi connectivity index (χ1v) is 7.64. The molecule has 0 saturated carbocycles. The third kappa shape index (κ3) is 7.51. The average Bonchev–Trinajstić information content (AvgIpc) is 2.43. The molecule has 1 aromatic rings. The van der Waals surface area contributed by atoms with E-state index < -0.39 is 0 Å².